The van der Waals surface area contributed by atoms with Crippen molar-refractivity contribution in [1.29, 1.82) is 0 Å². The summed E-state index contributed by atoms with van der Waals surface area (Å²) in [7, 11) is 0. The average molecular weight is 364 g/mol. The molecule has 1 saturated heterocycles. The molecule has 0 spiro atoms. The molecule has 1 heterocycles. The molecule has 1 aliphatic carbocycles. The number of hydrogen-bond acceptors (Lipinski definition) is 3. The van der Waals surface area contributed by atoms with Gasteiger partial charge >= 0.3 is 0 Å². The maximum absolute atomic E-state index is 12.6. The molecule has 140 valence electrons. The van der Waals surface area contributed by atoms with Crippen LogP contribution in [-0.2, 0) is 16.0 Å². The molecule has 0 radical (unpaired) electrons. The van der Waals surface area contributed by atoms with Crippen molar-refractivity contribution in [2.24, 2.45) is 0 Å². The monoisotopic (exact) mass is 364 g/mol. The zero-order chi connectivity index (χ0) is 18.6. The quantitative estimate of drug-likeness (QED) is 0.871. The van der Waals surface area contributed by atoms with E-state index in [1.165, 1.54) is 11.1 Å². The molecule has 5 nitrogen and oxygen atoms in total. The zero-order valence-corrected chi connectivity index (χ0v) is 15.2. The van der Waals surface area contributed by atoms with Gasteiger partial charge in [-0.1, -0.05) is 24.3 Å². The Morgan fingerprint density at radius 3 is 2.56 bits per heavy atom. The standard InChI is InChI=1S/C22H24N2O3/c25-21(24-19-8-3-6-15-5-1-2-7-18(15)19)16-10-12-17(13-11-16)23-22(26)20-9-4-14-27-20/h1-2,5,7,10-13,19-20H,3-4,6,8-9,14H2,(H,23,26)(H,24,25). The molecular formula is C22H24N2O3. The van der Waals surface area contributed by atoms with Crippen LogP contribution in [-0.4, -0.2) is 24.5 Å². The van der Waals surface area contributed by atoms with E-state index in [0.717, 1.165) is 32.1 Å². The van der Waals surface area contributed by atoms with Gasteiger partial charge in [0.1, 0.15) is 6.10 Å². The molecule has 4 rings (SSSR count). The molecular weight excluding hydrogens is 340 g/mol. The van der Waals surface area contributed by atoms with Crippen molar-refractivity contribution in [3.63, 3.8) is 0 Å². The van der Waals surface area contributed by atoms with Gasteiger partial charge in [-0.05, 0) is 67.5 Å². The largest absolute Gasteiger partial charge is 0.368 e. The molecule has 27 heavy (non-hydrogen) atoms. The van der Waals surface area contributed by atoms with Gasteiger partial charge in [-0.15, -0.1) is 0 Å². The highest BCUT2D eigenvalue weighted by molar-refractivity contribution is 5.97. The van der Waals surface area contributed by atoms with Gasteiger partial charge < -0.3 is 15.4 Å². The summed E-state index contributed by atoms with van der Waals surface area (Å²) in [6.07, 6.45) is 4.42. The summed E-state index contributed by atoms with van der Waals surface area (Å²) < 4.78 is 5.39. The van der Waals surface area contributed by atoms with E-state index in [1.807, 2.05) is 12.1 Å². The van der Waals surface area contributed by atoms with Crippen LogP contribution in [0.4, 0.5) is 5.69 Å². The predicted octanol–water partition coefficient (Wildman–Crippen LogP) is 3.61. The lowest BCUT2D eigenvalue weighted by Crippen LogP contribution is -2.31. The zero-order valence-electron chi connectivity index (χ0n) is 15.2. The molecule has 0 aromatic heterocycles. The molecule has 1 aliphatic heterocycles. The molecule has 0 saturated carbocycles. The van der Waals surface area contributed by atoms with Gasteiger partial charge in [0.05, 0.1) is 6.04 Å². The Labute approximate surface area is 159 Å². The fourth-order valence-electron chi connectivity index (χ4n) is 3.86. The number of amides is 2. The third-order valence-corrected chi connectivity index (χ3v) is 5.31. The van der Waals surface area contributed by atoms with E-state index in [-0.39, 0.29) is 24.0 Å². The van der Waals surface area contributed by atoms with Crippen LogP contribution in [0.5, 0.6) is 0 Å². The number of benzene rings is 2. The lowest BCUT2D eigenvalue weighted by atomic mass is 9.87. The second-order valence-corrected chi connectivity index (χ2v) is 7.19. The fraction of sp³-hybridized carbons (Fsp3) is 0.364. The van der Waals surface area contributed by atoms with Crippen molar-refractivity contribution >= 4 is 17.5 Å². The Hall–Kier alpha value is -2.66. The number of aryl methyl sites for hydroxylation is 1. The number of hydrogen-bond donors (Lipinski definition) is 2. The lowest BCUT2D eigenvalue weighted by molar-refractivity contribution is -0.124. The van der Waals surface area contributed by atoms with Crippen molar-refractivity contribution < 1.29 is 14.3 Å². The van der Waals surface area contributed by atoms with Crippen LogP contribution in [0, 0.1) is 0 Å². The fourth-order valence-corrected chi connectivity index (χ4v) is 3.86. The summed E-state index contributed by atoms with van der Waals surface area (Å²) in [5, 5.41) is 6.00. The van der Waals surface area contributed by atoms with Gasteiger partial charge in [-0.3, -0.25) is 9.59 Å². The minimum atomic E-state index is -0.362. The maximum atomic E-state index is 12.6. The number of nitrogens with one attached hydrogen (secondary N) is 2. The topological polar surface area (TPSA) is 67.4 Å². The summed E-state index contributed by atoms with van der Waals surface area (Å²) >= 11 is 0. The Kier molecular flexibility index (Phi) is 5.21. The van der Waals surface area contributed by atoms with Crippen LogP contribution in [0.1, 0.15) is 53.2 Å². The van der Waals surface area contributed by atoms with Crippen LogP contribution in [0.2, 0.25) is 0 Å². The van der Waals surface area contributed by atoms with Gasteiger partial charge in [0.25, 0.3) is 11.8 Å². The smallest absolute Gasteiger partial charge is 0.253 e. The van der Waals surface area contributed by atoms with Crippen molar-refractivity contribution in [2.75, 3.05) is 11.9 Å². The number of anilines is 1. The molecule has 5 heteroatoms. The van der Waals surface area contributed by atoms with E-state index in [4.69, 9.17) is 4.74 Å². The SMILES string of the molecule is O=C(NC1CCCc2ccccc21)c1ccc(NC(=O)C2CCCO2)cc1. The van der Waals surface area contributed by atoms with E-state index in [2.05, 4.69) is 22.8 Å². The average Bonchev–Trinajstić information content (AvgIpc) is 3.24. The molecule has 2 atom stereocenters. The minimum Gasteiger partial charge on any atom is -0.368 e. The van der Waals surface area contributed by atoms with Crippen molar-refractivity contribution in [1.82, 2.24) is 5.32 Å². The Morgan fingerprint density at radius 1 is 0.963 bits per heavy atom. The van der Waals surface area contributed by atoms with Crippen LogP contribution in [0.25, 0.3) is 0 Å². The maximum Gasteiger partial charge on any atom is 0.253 e. The van der Waals surface area contributed by atoms with Gasteiger partial charge in [0, 0.05) is 17.9 Å². The van der Waals surface area contributed by atoms with Crippen molar-refractivity contribution in [3.05, 3.63) is 65.2 Å². The van der Waals surface area contributed by atoms with E-state index < -0.39 is 0 Å². The highest BCUT2D eigenvalue weighted by Crippen LogP contribution is 2.29. The Morgan fingerprint density at radius 2 is 1.78 bits per heavy atom. The van der Waals surface area contributed by atoms with Gasteiger partial charge in [0.2, 0.25) is 0 Å². The van der Waals surface area contributed by atoms with Crippen LogP contribution < -0.4 is 10.6 Å². The van der Waals surface area contributed by atoms with Crippen LogP contribution in [0.3, 0.4) is 0 Å². The highest BCUT2D eigenvalue weighted by Gasteiger charge is 2.24. The van der Waals surface area contributed by atoms with Crippen molar-refractivity contribution in [3.8, 4) is 0 Å². The van der Waals surface area contributed by atoms with Crippen LogP contribution in [0.15, 0.2) is 48.5 Å². The summed E-state index contributed by atoms with van der Waals surface area (Å²) in [6.45, 7) is 0.640. The van der Waals surface area contributed by atoms with Gasteiger partial charge in [-0.2, -0.15) is 0 Å². The molecule has 2 N–H and O–H groups in total. The summed E-state index contributed by atoms with van der Waals surface area (Å²) in [5.74, 6) is -0.211. The number of ether oxygens (including phenoxy) is 1. The Balaban J connectivity index is 1.39. The molecule has 2 amide bonds. The number of fused-ring (bicyclic) bond motifs is 1. The van der Waals surface area contributed by atoms with Gasteiger partial charge in [0.15, 0.2) is 0 Å². The molecule has 0 bridgehead atoms. The second kappa shape index (κ2) is 7.92. The van der Waals surface area contributed by atoms with Crippen molar-refractivity contribution in [2.45, 2.75) is 44.2 Å². The van der Waals surface area contributed by atoms with Crippen LogP contribution >= 0.6 is 0 Å². The first-order chi connectivity index (χ1) is 13.2. The molecule has 2 aromatic rings. The van der Waals surface area contributed by atoms with Gasteiger partial charge in [-0.25, -0.2) is 0 Å². The van der Waals surface area contributed by atoms with E-state index >= 15 is 0 Å². The first-order valence-corrected chi connectivity index (χ1v) is 9.62. The Bertz CT molecular complexity index is 826. The third-order valence-electron chi connectivity index (χ3n) is 5.31. The second-order valence-electron chi connectivity index (χ2n) is 7.19. The molecule has 2 unspecified atom stereocenters. The third kappa shape index (κ3) is 4.03. The summed E-state index contributed by atoms with van der Waals surface area (Å²) in [5.41, 5.74) is 3.81. The molecule has 2 aliphatic rings. The highest BCUT2D eigenvalue weighted by atomic mass is 16.5. The van der Waals surface area contributed by atoms with E-state index in [1.54, 1.807) is 24.3 Å². The minimum absolute atomic E-state index is 0.0568. The molecule has 1 fully saturated rings. The number of carbonyl (C=O) groups excluding carboxylic acids is 2. The molecule has 2 aromatic carbocycles. The first-order valence-electron chi connectivity index (χ1n) is 9.62. The number of rotatable bonds is 4. The lowest BCUT2D eigenvalue weighted by Gasteiger charge is -2.26. The van der Waals surface area contributed by atoms with E-state index in [0.29, 0.717) is 17.9 Å². The summed E-state index contributed by atoms with van der Waals surface area (Å²) in [4.78, 5) is 24.7. The van der Waals surface area contributed by atoms with E-state index in [9.17, 15) is 9.59 Å². The predicted molar refractivity (Wildman–Crippen MR) is 104 cm³/mol. The normalized spacial score (nSPS) is 21.3. The number of carbonyl (C=O) groups is 2. The summed E-state index contributed by atoms with van der Waals surface area (Å²) in [6, 6.07) is 15.4. The first kappa shape index (κ1) is 17.7.